The van der Waals surface area contributed by atoms with Gasteiger partial charge in [0.25, 0.3) is 0 Å². The van der Waals surface area contributed by atoms with E-state index in [4.69, 9.17) is 4.74 Å². The summed E-state index contributed by atoms with van der Waals surface area (Å²) in [5, 5.41) is 23.8. The predicted molar refractivity (Wildman–Crippen MR) is 282 cm³/mol. The van der Waals surface area contributed by atoms with Gasteiger partial charge in [-0.15, -0.1) is 0 Å². The highest BCUT2D eigenvalue weighted by Gasteiger charge is 2.24. The van der Waals surface area contributed by atoms with Crippen LogP contribution in [0.4, 0.5) is 0 Å². The molecular formula is C59H105NO5. The quantitative estimate of drug-likeness (QED) is 0.0321. The van der Waals surface area contributed by atoms with Gasteiger partial charge < -0.3 is 20.3 Å². The van der Waals surface area contributed by atoms with E-state index in [2.05, 4.69) is 92.9 Å². The summed E-state index contributed by atoms with van der Waals surface area (Å²) in [6, 6.07) is -0.724. The minimum absolute atomic E-state index is 0.0358. The molecule has 65 heavy (non-hydrogen) atoms. The minimum atomic E-state index is -0.806. The van der Waals surface area contributed by atoms with Crippen molar-refractivity contribution >= 4 is 11.9 Å². The molecule has 0 heterocycles. The molecule has 3 unspecified atom stereocenters. The third-order valence-corrected chi connectivity index (χ3v) is 12.3. The zero-order valence-corrected chi connectivity index (χ0v) is 42.9. The lowest BCUT2D eigenvalue weighted by molar-refractivity contribution is -0.150. The predicted octanol–water partition coefficient (Wildman–Crippen LogP) is 17.0. The summed E-state index contributed by atoms with van der Waals surface area (Å²) < 4.78 is 5.90. The van der Waals surface area contributed by atoms with Gasteiger partial charge in [0.2, 0.25) is 5.91 Å². The Morgan fingerprint density at radius 3 is 1.28 bits per heavy atom. The zero-order valence-electron chi connectivity index (χ0n) is 42.9. The van der Waals surface area contributed by atoms with E-state index in [9.17, 15) is 19.8 Å². The molecule has 3 N–H and O–H groups in total. The van der Waals surface area contributed by atoms with Gasteiger partial charge in [0.15, 0.2) is 0 Å². The van der Waals surface area contributed by atoms with Gasteiger partial charge in [0, 0.05) is 6.42 Å². The van der Waals surface area contributed by atoms with Gasteiger partial charge in [0.05, 0.1) is 25.2 Å². The molecule has 0 aliphatic rings. The van der Waals surface area contributed by atoms with Crippen LogP contribution in [0, 0.1) is 0 Å². The fourth-order valence-corrected chi connectivity index (χ4v) is 8.12. The molecule has 0 radical (unpaired) electrons. The lowest BCUT2D eigenvalue weighted by Crippen LogP contribution is -2.46. The second-order valence-electron chi connectivity index (χ2n) is 18.6. The maximum Gasteiger partial charge on any atom is 0.306 e. The molecule has 0 bridgehead atoms. The first kappa shape index (κ1) is 62.3. The fourth-order valence-electron chi connectivity index (χ4n) is 8.12. The highest BCUT2D eigenvalue weighted by Crippen LogP contribution is 2.17. The maximum atomic E-state index is 13.2. The first-order valence-electron chi connectivity index (χ1n) is 27.7. The van der Waals surface area contributed by atoms with Gasteiger partial charge in [-0.3, -0.25) is 9.59 Å². The lowest BCUT2D eigenvalue weighted by Gasteiger charge is -2.24. The van der Waals surface area contributed by atoms with E-state index in [1.807, 2.05) is 6.08 Å². The number of aliphatic hydroxyl groups excluding tert-OH is 2. The van der Waals surface area contributed by atoms with Crippen molar-refractivity contribution in [2.75, 3.05) is 6.61 Å². The van der Waals surface area contributed by atoms with Crippen LogP contribution in [0.3, 0.4) is 0 Å². The third kappa shape index (κ3) is 47.6. The largest absolute Gasteiger partial charge is 0.462 e. The molecule has 376 valence electrons. The monoisotopic (exact) mass is 908 g/mol. The summed E-state index contributed by atoms with van der Waals surface area (Å²) in [7, 11) is 0. The van der Waals surface area contributed by atoms with Gasteiger partial charge >= 0.3 is 5.97 Å². The summed E-state index contributed by atoms with van der Waals surface area (Å²) >= 11 is 0. The average molecular weight is 908 g/mol. The summed E-state index contributed by atoms with van der Waals surface area (Å²) in [5.74, 6) is -0.585. The summed E-state index contributed by atoms with van der Waals surface area (Å²) in [6.07, 6.45) is 66.9. The Bertz CT molecular complexity index is 1200. The van der Waals surface area contributed by atoms with Crippen LogP contribution in [0.15, 0.2) is 72.9 Å². The van der Waals surface area contributed by atoms with Gasteiger partial charge in [-0.2, -0.15) is 0 Å². The molecule has 6 nitrogen and oxygen atoms in total. The van der Waals surface area contributed by atoms with E-state index < -0.39 is 18.2 Å². The van der Waals surface area contributed by atoms with E-state index >= 15 is 0 Å². The van der Waals surface area contributed by atoms with Gasteiger partial charge in [0.1, 0.15) is 6.10 Å². The van der Waals surface area contributed by atoms with Crippen molar-refractivity contribution in [2.24, 2.45) is 0 Å². The number of amides is 1. The zero-order chi connectivity index (χ0) is 47.4. The average Bonchev–Trinajstić information content (AvgIpc) is 3.30. The van der Waals surface area contributed by atoms with Crippen LogP contribution >= 0.6 is 0 Å². The number of nitrogens with one attached hydrogen (secondary N) is 1. The van der Waals surface area contributed by atoms with Gasteiger partial charge in [-0.1, -0.05) is 241 Å². The molecule has 0 aliphatic carbocycles. The van der Waals surface area contributed by atoms with Crippen molar-refractivity contribution in [1.82, 2.24) is 5.32 Å². The Balaban J connectivity index is 4.70. The highest BCUT2D eigenvalue weighted by atomic mass is 16.5. The minimum Gasteiger partial charge on any atom is -0.462 e. The van der Waals surface area contributed by atoms with Crippen LogP contribution in [0.2, 0.25) is 0 Å². The van der Waals surface area contributed by atoms with Crippen LogP contribution in [-0.2, 0) is 14.3 Å². The van der Waals surface area contributed by atoms with E-state index in [-0.39, 0.29) is 31.3 Å². The molecule has 3 atom stereocenters. The summed E-state index contributed by atoms with van der Waals surface area (Å²) in [5.41, 5.74) is 0. The second kappa shape index (κ2) is 52.3. The number of aliphatic hydroxyl groups is 2. The summed E-state index contributed by atoms with van der Waals surface area (Å²) in [6.45, 7) is 6.36. The van der Waals surface area contributed by atoms with Gasteiger partial charge in [-0.25, -0.2) is 0 Å². The SMILES string of the molecule is CC/C=C/C/C=C/C/C=C/C/C=C/C/C=C/CCC(=O)OC(CCCCC/C=C/CCCCCCCCCCC)CC(=O)NC(CO)C(O)CCCCCCCCCCCCCCCC. The van der Waals surface area contributed by atoms with Crippen molar-refractivity contribution < 1.29 is 24.5 Å². The smallest absolute Gasteiger partial charge is 0.306 e. The Labute approximate surface area is 402 Å². The molecule has 6 heteroatoms. The standard InChI is InChI=1S/C59H105NO5/c1-4-7-10-13-16-19-22-25-28-30-32-35-38-41-44-47-50-55(65-59(64)52-49-46-43-40-37-34-31-29-26-23-20-17-14-11-8-5-2)53-58(63)60-56(54-61)57(62)51-48-45-42-39-36-33-27-24-21-18-15-12-9-6-3/h8,11,17,20,26,29,32,34-35,37,43,46,55-57,61-62H,4-7,9-10,12-16,18-19,21-25,27-28,30-31,33,36,38-42,44-45,47-54H2,1-3H3,(H,60,63)/b11-8+,20-17+,29-26+,35-32+,37-34+,46-43+. The van der Waals surface area contributed by atoms with Crippen LogP contribution in [-0.4, -0.2) is 46.9 Å². The number of ether oxygens (including phenoxy) is 1. The van der Waals surface area contributed by atoms with E-state index in [0.29, 0.717) is 19.3 Å². The number of hydrogen-bond acceptors (Lipinski definition) is 5. The third-order valence-electron chi connectivity index (χ3n) is 12.3. The Morgan fingerprint density at radius 1 is 0.462 bits per heavy atom. The summed E-state index contributed by atoms with van der Waals surface area (Å²) in [4.78, 5) is 26.2. The number of hydrogen-bond donors (Lipinski definition) is 3. The number of unbranched alkanes of at least 4 members (excludes halogenated alkanes) is 25. The molecule has 0 rings (SSSR count). The van der Waals surface area contributed by atoms with Crippen molar-refractivity contribution in [3.8, 4) is 0 Å². The molecular weight excluding hydrogens is 803 g/mol. The van der Waals surface area contributed by atoms with Crippen molar-refractivity contribution in [3.63, 3.8) is 0 Å². The normalized spacial score (nSPS) is 13.7. The molecule has 0 spiro atoms. The number of allylic oxidation sites excluding steroid dienone is 12. The van der Waals surface area contributed by atoms with Crippen LogP contribution < -0.4 is 5.32 Å². The molecule has 0 fully saturated rings. The van der Waals surface area contributed by atoms with E-state index in [1.54, 1.807) is 0 Å². The van der Waals surface area contributed by atoms with Crippen LogP contribution in [0.5, 0.6) is 0 Å². The van der Waals surface area contributed by atoms with E-state index in [0.717, 1.165) is 83.5 Å². The van der Waals surface area contributed by atoms with Crippen LogP contribution in [0.25, 0.3) is 0 Å². The van der Waals surface area contributed by atoms with Crippen molar-refractivity contribution in [1.29, 1.82) is 0 Å². The topological polar surface area (TPSA) is 95.9 Å². The highest BCUT2D eigenvalue weighted by molar-refractivity contribution is 5.77. The second-order valence-corrected chi connectivity index (χ2v) is 18.6. The number of rotatable bonds is 49. The fraction of sp³-hybridized carbons (Fsp3) is 0.763. The first-order valence-corrected chi connectivity index (χ1v) is 27.7. The number of carbonyl (C=O) groups is 2. The molecule has 0 aromatic rings. The molecule has 1 amide bonds. The molecule has 0 saturated heterocycles. The molecule has 0 saturated carbocycles. The maximum absolute atomic E-state index is 13.2. The van der Waals surface area contributed by atoms with Crippen molar-refractivity contribution in [3.05, 3.63) is 72.9 Å². The number of carbonyl (C=O) groups excluding carboxylic acids is 2. The Morgan fingerprint density at radius 2 is 0.831 bits per heavy atom. The molecule has 0 aromatic carbocycles. The van der Waals surface area contributed by atoms with Gasteiger partial charge in [-0.05, 0) is 83.5 Å². The van der Waals surface area contributed by atoms with E-state index in [1.165, 1.54) is 128 Å². The Hall–Kier alpha value is -2.70. The Kier molecular flexibility index (Phi) is 50.1. The van der Waals surface area contributed by atoms with Crippen molar-refractivity contribution in [2.45, 2.75) is 283 Å². The van der Waals surface area contributed by atoms with Crippen LogP contribution in [0.1, 0.15) is 265 Å². The first-order chi connectivity index (χ1) is 32.0. The molecule has 0 aromatic heterocycles. The number of esters is 1. The lowest BCUT2D eigenvalue weighted by atomic mass is 10.0. The molecule has 0 aliphatic heterocycles.